The van der Waals surface area contributed by atoms with Gasteiger partial charge in [-0.1, -0.05) is 25.0 Å². The average molecular weight is 235 g/mol. The van der Waals surface area contributed by atoms with E-state index in [0.717, 1.165) is 18.4 Å². The molecule has 0 saturated heterocycles. The number of phenolic OH excluding ortho intramolecular Hbond substituents is 1. The maximum Gasteiger partial charge on any atom is 0.115 e. The first-order valence-corrected chi connectivity index (χ1v) is 6.32. The zero-order valence-electron chi connectivity index (χ0n) is 10.1. The monoisotopic (exact) mass is 235 g/mol. The highest BCUT2D eigenvalue weighted by Crippen LogP contribution is 2.48. The summed E-state index contributed by atoms with van der Waals surface area (Å²) in [6, 6.07) is 7.22. The van der Waals surface area contributed by atoms with Crippen molar-refractivity contribution in [3.8, 4) is 5.75 Å². The van der Waals surface area contributed by atoms with E-state index in [2.05, 4.69) is 0 Å². The molecule has 0 heterocycles. The lowest BCUT2D eigenvalue weighted by Crippen LogP contribution is -2.34. The number of hydrogen-bond donors (Lipinski definition) is 3. The largest absolute Gasteiger partial charge is 0.508 e. The maximum atomic E-state index is 9.73. The van der Waals surface area contributed by atoms with E-state index in [0.29, 0.717) is 6.54 Å². The minimum absolute atomic E-state index is 0.0499. The second kappa shape index (κ2) is 5.07. The van der Waals surface area contributed by atoms with Crippen LogP contribution < -0.4 is 5.73 Å². The van der Waals surface area contributed by atoms with Gasteiger partial charge in [0.1, 0.15) is 5.75 Å². The predicted molar refractivity (Wildman–Crippen MR) is 67.9 cm³/mol. The van der Waals surface area contributed by atoms with E-state index in [1.165, 1.54) is 12.8 Å². The van der Waals surface area contributed by atoms with E-state index in [9.17, 15) is 10.2 Å². The van der Waals surface area contributed by atoms with Crippen LogP contribution in [-0.4, -0.2) is 23.4 Å². The van der Waals surface area contributed by atoms with Crippen molar-refractivity contribution in [3.63, 3.8) is 0 Å². The van der Waals surface area contributed by atoms with Gasteiger partial charge in [-0.15, -0.1) is 0 Å². The quantitative estimate of drug-likeness (QED) is 0.747. The summed E-state index contributed by atoms with van der Waals surface area (Å²) in [7, 11) is 0. The van der Waals surface area contributed by atoms with Crippen LogP contribution in [0.25, 0.3) is 0 Å². The fourth-order valence-corrected chi connectivity index (χ4v) is 3.14. The molecule has 0 aromatic heterocycles. The minimum atomic E-state index is -0.0499. The van der Waals surface area contributed by atoms with Crippen molar-refractivity contribution in [1.29, 1.82) is 0 Å². The molecule has 1 saturated carbocycles. The van der Waals surface area contributed by atoms with Gasteiger partial charge in [-0.05, 0) is 37.1 Å². The maximum absolute atomic E-state index is 9.73. The molecule has 94 valence electrons. The summed E-state index contributed by atoms with van der Waals surface area (Å²) in [6.45, 7) is 0.751. The van der Waals surface area contributed by atoms with Crippen molar-refractivity contribution in [2.45, 2.75) is 31.6 Å². The van der Waals surface area contributed by atoms with Gasteiger partial charge >= 0.3 is 0 Å². The Labute approximate surface area is 102 Å². The Morgan fingerprint density at radius 1 is 1.18 bits per heavy atom. The molecule has 0 aliphatic heterocycles. The highest BCUT2D eigenvalue weighted by atomic mass is 16.3. The number of rotatable bonds is 4. The molecule has 2 rings (SSSR count). The molecule has 1 aromatic carbocycles. The lowest BCUT2D eigenvalue weighted by atomic mass is 9.71. The summed E-state index contributed by atoms with van der Waals surface area (Å²) in [5.41, 5.74) is 6.99. The van der Waals surface area contributed by atoms with Gasteiger partial charge in [0.15, 0.2) is 0 Å². The van der Waals surface area contributed by atoms with Crippen LogP contribution in [0.1, 0.15) is 37.2 Å². The van der Waals surface area contributed by atoms with Gasteiger partial charge in [-0.3, -0.25) is 0 Å². The summed E-state index contributed by atoms with van der Waals surface area (Å²) in [4.78, 5) is 0. The van der Waals surface area contributed by atoms with Gasteiger partial charge in [0.25, 0.3) is 0 Å². The third-order valence-corrected chi connectivity index (χ3v) is 4.18. The Balaban J connectivity index is 2.28. The Bertz CT molecular complexity index is 355. The second-order valence-corrected chi connectivity index (χ2v) is 5.11. The van der Waals surface area contributed by atoms with Gasteiger partial charge in [-0.2, -0.15) is 0 Å². The molecule has 1 aliphatic rings. The number of aliphatic hydroxyl groups is 1. The molecule has 4 N–H and O–H groups in total. The molecule has 0 unspecified atom stereocenters. The van der Waals surface area contributed by atoms with Gasteiger partial charge < -0.3 is 15.9 Å². The van der Waals surface area contributed by atoms with E-state index in [4.69, 9.17) is 5.73 Å². The van der Waals surface area contributed by atoms with Crippen LogP contribution in [0.5, 0.6) is 5.75 Å². The summed E-state index contributed by atoms with van der Waals surface area (Å²) in [5, 5.41) is 19.0. The highest BCUT2D eigenvalue weighted by molar-refractivity contribution is 5.30. The molecule has 0 radical (unpaired) electrons. The number of nitrogens with two attached hydrogens (primary N) is 1. The molecule has 0 bridgehead atoms. The Hall–Kier alpha value is -1.06. The van der Waals surface area contributed by atoms with E-state index in [1.54, 1.807) is 12.1 Å². The molecular formula is C14H21NO2. The van der Waals surface area contributed by atoms with Crippen molar-refractivity contribution in [1.82, 2.24) is 0 Å². The van der Waals surface area contributed by atoms with Crippen molar-refractivity contribution in [2.75, 3.05) is 13.2 Å². The van der Waals surface area contributed by atoms with Gasteiger partial charge in [0.2, 0.25) is 0 Å². The number of phenols is 1. The highest BCUT2D eigenvalue weighted by Gasteiger charge is 2.40. The first kappa shape index (κ1) is 12.4. The summed E-state index contributed by atoms with van der Waals surface area (Å²) in [5.74, 6) is 0.463. The number of aliphatic hydroxyl groups excluding tert-OH is 1. The topological polar surface area (TPSA) is 66.5 Å². The predicted octanol–water partition coefficient (Wildman–Crippen LogP) is 1.99. The van der Waals surface area contributed by atoms with Gasteiger partial charge in [0, 0.05) is 17.9 Å². The smallest absolute Gasteiger partial charge is 0.115 e. The molecule has 0 amide bonds. The normalized spacial score (nSPS) is 20.4. The van der Waals surface area contributed by atoms with Crippen LogP contribution in [0.3, 0.4) is 0 Å². The van der Waals surface area contributed by atoms with Crippen molar-refractivity contribution < 1.29 is 10.2 Å². The molecular weight excluding hydrogens is 214 g/mol. The molecule has 3 nitrogen and oxygen atoms in total. The Kier molecular flexibility index (Phi) is 3.69. The lowest BCUT2D eigenvalue weighted by molar-refractivity contribution is 0.102. The van der Waals surface area contributed by atoms with Crippen LogP contribution in [-0.2, 0) is 0 Å². The van der Waals surface area contributed by atoms with Crippen LogP contribution >= 0.6 is 0 Å². The fourth-order valence-electron chi connectivity index (χ4n) is 3.14. The van der Waals surface area contributed by atoms with E-state index >= 15 is 0 Å². The van der Waals surface area contributed by atoms with Crippen LogP contribution in [0.2, 0.25) is 0 Å². The standard InChI is InChI=1S/C14H21NO2/c15-9-13(11-3-5-12(17)6-4-11)14(10-16)7-1-2-8-14/h3-6,13,16-17H,1-2,7-10,15H2/t13-/m1/s1. The average Bonchev–Trinajstić information content (AvgIpc) is 2.82. The number of aromatic hydroxyl groups is 1. The minimum Gasteiger partial charge on any atom is -0.508 e. The van der Waals surface area contributed by atoms with Gasteiger partial charge in [0.05, 0.1) is 0 Å². The van der Waals surface area contributed by atoms with Crippen LogP contribution in [0, 0.1) is 5.41 Å². The molecule has 0 spiro atoms. The second-order valence-electron chi connectivity index (χ2n) is 5.11. The Morgan fingerprint density at radius 3 is 2.24 bits per heavy atom. The summed E-state index contributed by atoms with van der Waals surface area (Å²) in [6.07, 6.45) is 4.45. The molecule has 3 heteroatoms. The van der Waals surface area contributed by atoms with Crippen LogP contribution in [0.4, 0.5) is 0 Å². The zero-order valence-corrected chi connectivity index (χ0v) is 10.1. The zero-order chi connectivity index (χ0) is 12.3. The fraction of sp³-hybridized carbons (Fsp3) is 0.571. The van der Waals surface area contributed by atoms with E-state index in [1.807, 2.05) is 12.1 Å². The van der Waals surface area contributed by atoms with Crippen molar-refractivity contribution in [2.24, 2.45) is 11.1 Å². The third-order valence-electron chi connectivity index (χ3n) is 4.18. The molecule has 1 aromatic rings. The Morgan fingerprint density at radius 2 is 1.76 bits per heavy atom. The van der Waals surface area contributed by atoms with Crippen LogP contribution in [0.15, 0.2) is 24.3 Å². The lowest BCUT2D eigenvalue weighted by Gasteiger charge is -2.35. The van der Waals surface area contributed by atoms with Crippen molar-refractivity contribution >= 4 is 0 Å². The molecule has 1 atom stereocenters. The first-order chi connectivity index (χ1) is 8.22. The van der Waals surface area contributed by atoms with E-state index < -0.39 is 0 Å². The van der Waals surface area contributed by atoms with E-state index in [-0.39, 0.29) is 23.7 Å². The molecule has 1 aliphatic carbocycles. The first-order valence-electron chi connectivity index (χ1n) is 6.32. The SMILES string of the molecule is NC[C@H](c1ccc(O)cc1)C1(CO)CCCC1. The third kappa shape index (κ3) is 2.31. The molecule has 1 fully saturated rings. The summed E-state index contributed by atoms with van der Waals surface area (Å²) >= 11 is 0. The number of hydrogen-bond acceptors (Lipinski definition) is 3. The molecule has 17 heavy (non-hydrogen) atoms. The van der Waals surface area contributed by atoms with Gasteiger partial charge in [-0.25, -0.2) is 0 Å². The number of benzene rings is 1. The van der Waals surface area contributed by atoms with Crippen molar-refractivity contribution in [3.05, 3.63) is 29.8 Å². The summed E-state index contributed by atoms with van der Waals surface area (Å²) < 4.78 is 0.